The number of hydrogen-bond acceptors (Lipinski definition) is 7. The van der Waals surface area contributed by atoms with Gasteiger partial charge in [0.2, 0.25) is 0 Å². The Labute approximate surface area is 199 Å². The molecule has 0 fully saturated rings. The number of H-pyrrole nitrogens is 1. The number of rotatable bonds is 7. The topological polar surface area (TPSA) is 102 Å². The Balaban J connectivity index is 1.43. The first-order valence-electron chi connectivity index (χ1n) is 10.5. The van der Waals surface area contributed by atoms with Gasteiger partial charge in [-0.1, -0.05) is 0 Å². The monoisotopic (exact) mass is 471 g/mol. The fraction of sp³-hybridized carbons (Fsp3) is 0.120. The Morgan fingerprint density at radius 3 is 2.26 bits per heavy atom. The van der Waals surface area contributed by atoms with Gasteiger partial charge in [0.25, 0.3) is 5.91 Å². The van der Waals surface area contributed by atoms with Gasteiger partial charge in [-0.05, 0) is 60.2 Å². The Bertz CT molecular complexity index is 1340. The van der Waals surface area contributed by atoms with Crippen molar-refractivity contribution in [3.8, 4) is 33.2 Å². The van der Waals surface area contributed by atoms with E-state index in [-0.39, 0.29) is 18.3 Å². The van der Waals surface area contributed by atoms with Crippen LogP contribution in [0.1, 0.15) is 15.6 Å². The van der Waals surface area contributed by atoms with Crippen LogP contribution in [0.2, 0.25) is 0 Å². The predicted molar refractivity (Wildman–Crippen MR) is 131 cm³/mol. The van der Waals surface area contributed by atoms with E-state index in [9.17, 15) is 4.79 Å². The van der Waals surface area contributed by atoms with Gasteiger partial charge in [0, 0.05) is 11.8 Å². The number of imidazole rings is 1. The molecule has 0 aliphatic rings. The lowest BCUT2D eigenvalue weighted by atomic mass is 10.1. The van der Waals surface area contributed by atoms with Gasteiger partial charge in [0.1, 0.15) is 16.5 Å². The lowest BCUT2D eigenvalue weighted by Gasteiger charge is -2.05. The lowest BCUT2D eigenvalue weighted by molar-refractivity contribution is 0.0941. The van der Waals surface area contributed by atoms with Gasteiger partial charge in [-0.25, -0.2) is 9.97 Å². The van der Waals surface area contributed by atoms with Gasteiger partial charge in [0.15, 0.2) is 5.82 Å². The number of carbonyl (C=O) groups excluding carboxylic acids is 1. The largest absolute Gasteiger partial charge is 0.497 e. The molecule has 34 heavy (non-hydrogen) atoms. The molecular weight excluding hydrogens is 450 g/mol. The van der Waals surface area contributed by atoms with E-state index < -0.39 is 0 Å². The fourth-order valence-corrected chi connectivity index (χ4v) is 4.56. The fourth-order valence-electron chi connectivity index (χ4n) is 3.53. The summed E-state index contributed by atoms with van der Waals surface area (Å²) in [7, 11) is 3.28. The third kappa shape index (κ3) is 4.33. The standard InChI is InChI=1S/C25H21N5O3S/c1-32-17-7-3-15(4-8-17)22-23(16-5-9-18(33-2)10-6-16)34-21(30-22)14-27-25(31)24-28-19-11-12-26-13-20(19)29-24/h3-13H,14H2,1-2H3,(H,27,31)(H,28,29). The number of nitrogens with zero attached hydrogens (tertiary/aromatic N) is 3. The third-order valence-electron chi connectivity index (χ3n) is 5.29. The maximum absolute atomic E-state index is 12.7. The number of amides is 1. The van der Waals surface area contributed by atoms with Crippen LogP contribution >= 0.6 is 11.3 Å². The summed E-state index contributed by atoms with van der Waals surface area (Å²) in [6, 6.07) is 17.4. The van der Waals surface area contributed by atoms with E-state index in [2.05, 4.69) is 20.3 Å². The van der Waals surface area contributed by atoms with Crippen molar-refractivity contribution >= 4 is 28.3 Å². The Morgan fingerprint density at radius 1 is 0.941 bits per heavy atom. The summed E-state index contributed by atoms with van der Waals surface area (Å²) < 4.78 is 10.6. The lowest BCUT2D eigenvalue weighted by Crippen LogP contribution is -2.23. The molecule has 0 aliphatic carbocycles. The van der Waals surface area contributed by atoms with Crippen LogP contribution in [0.3, 0.4) is 0 Å². The zero-order valence-electron chi connectivity index (χ0n) is 18.5. The van der Waals surface area contributed by atoms with Gasteiger partial charge in [-0.2, -0.15) is 0 Å². The maximum atomic E-state index is 12.7. The smallest absolute Gasteiger partial charge is 0.287 e. The second-order valence-electron chi connectivity index (χ2n) is 7.40. The highest BCUT2D eigenvalue weighted by atomic mass is 32.1. The maximum Gasteiger partial charge on any atom is 0.287 e. The van der Waals surface area contributed by atoms with Gasteiger partial charge in [-0.3, -0.25) is 9.78 Å². The van der Waals surface area contributed by atoms with Crippen LogP contribution in [0.25, 0.3) is 32.7 Å². The Kier molecular flexibility index (Phi) is 5.92. The molecule has 0 atom stereocenters. The van der Waals surface area contributed by atoms with Crippen LogP contribution < -0.4 is 14.8 Å². The molecule has 0 saturated heterocycles. The first-order valence-corrected chi connectivity index (χ1v) is 11.3. The highest BCUT2D eigenvalue weighted by Gasteiger charge is 2.17. The van der Waals surface area contributed by atoms with Crippen molar-refractivity contribution in [2.45, 2.75) is 6.54 Å². The molecule has 1 amide bonds. The van der Waals surface area contributed by atoms with Crippen molar-refractivity contribution < 1.29 is 14.3 Å². The zero-order chi connectivity index (χ0) is 23.5. The molecule has 0 saturated carbocycles. The molecule has 170 valence electrons. The second kappa shape index (κ2) is 9.32. The van der Waals surface area contributed by atoms with Crippen LogP contribution in [0, 0.1) is 0 Å². The molecule has 0 radical (unpaired) electrons. The molecule has 3 heterocycles. The summed E-state index contributed by atoms with van der Waals surface area (Å²) in [5.74, 6) is 1.50. The number of ether oxygens (including phenoxy) is 2. The average Bonchev–Trinajstić information content (AvgIpc) is 3.52. The van der Waals surface area contributed by atoms with Gasteiger partial charge >= 0.3 is 0 Å². The number of fused-ring (bicyclic) bond motifs is 1. The van der Waals surface area contributed by atoms with Crippen molar-refractivity contribution in [2.24, 2.45) is 0 Å². The number of thiazole rings is 1. The Hall–Kier alpha value is -4.24. The van der Waals surface area contributed by atoms with E-state index >= 15 is 0 Å². The minimum absolute atomic E-state index is 0.241. The van der Waals surface area contributed by atoms with E-state index in [1.165, 1.54) is 11.3 Å². The average molecular weight is 472 g/mol. The van der Waals surface area contributed by atoms with E-state index in [1.54, 1.807) is 32.7 Å². The molecule has 9 heteroatoms. The molecule has 0 bridgehead atoms. The van der Waals surface area contributed by atoms with E-state index in [0.29, 0.717) is 11.0 Å². The number of aromatic amines is 1. The number of pyridine rings is 1. The van der Waals surface area contributed by atoms with Gasteiger partial charge in [0.05, 0.1) is 48.6 Å². The molecule has 0 unspecified atom stereocenters. The molecule has 0 aliphatic heterocycles. The van der Waals surface area contributed by atoms with Crippen LogP contribution in [-0.2, 0) is 6.54 Å². The molecule has 5 aromatic rings. The van der Waals surface area contributed by atoms with Crippen molar-refractivity contribution in [3.63, 3.8) is 0 Å². The number of hydrogen-bond donors (Lipinski definition) is 2. The van der Waals surface area contributed by atoms with Gasteiger partial charge < -0.3 is 19.8 Å². The van der Waals surface area contributed by atoms with Crippen molar-refractivity contribution in [1.29, 1.82) is 0 Å². The first kappa shape index (κ1) is 21.6. The van der Waals surface area contributed by atoms with E-state index in [0.717, 1.165) is 38.2 Å². The van der Waals surface area contributed by atoms with Crippen LogP contribution in [0.15, 0.2) is 67.0 Å². The minimum atomic E-state index is -0.302. The number of methoxy groups -OCH3 is 2. The summed E-state index contributed by atoms with van der Waals surface area (Å²) in [6.45, 7) is 0.276. The summed E-state index contributed by atoms with van der Waals surface area (Å²) in [5, 5.41) is 3.69. The number of benzene rings is 2. The molecule has 2 aromatic carbocycles. The summed E-state index contributed by atoms with van der Waals surface area (Å²) in [6.07, 6.45) is 3.28. The van der Waals surface area contributed by atoms with Crippen molar-refractivity contribution in [2.75, 3.05) is 14.2 Å². The highest BCUT2D eigenvalue weighted by molar-refractivity contribution is 7.15. The minimum Gasteiger partial charge on any atom is -0.497 e. The molecular formula is C25H21N5O3S. The third-order valence-corrected chi connectivity index (χ3v) is 6.39. The Morgan fingerprint density at radius 2 is 1.62 bits per heavy atom. The van der Waals surface area contributed by atoms with Gasteiger partial charge in [-0.15, -0.1) is 11.3 Å². The first-order chi connectivity index (χ1) is 16.6. The zero-order valence-corrected chi connectivity index (χ0v) is 19.3. The van der Waals surface area contributed by atoms with Crippen molar-refractivity contribution in [1.82, 2.24) is 25.3 Å². The van der Waals surface area contributed by atoms with E-state index in [1.807, 2.05) is 48.5 Å². The van der Waals surface area contributed by atoms with Crippen LogP contribution in [-0.4, -0.2) is 40.1 Å². The molecule has 8 nitrogen and oxygen atoms in total. The normalized spacial score (nSPS) is 10.9. The molecule has 0 spiro atoms. The molecule has 5 rings (SSSR count). The summed E-state index contributed by atoms with van der Waals surface area (Å²) in [5.41, 5.74) is 4.23. The number of aromatic nitrogens is 4. The van der Waals surface area contributed by atoms with Crippen molar-refractivity contribution in [3.05, 3.63) is 77.8 Å². The number of carbonyl (C=O) groups is 1. The number of nitrogens with one attached hydrogen (secondary N) is 2. The molecule has 3 aromatic heterocycles. The quantitative estimate of drug-likeness (QED) is 0.357. The second-order valence-corrected chi connectivity index (χ2v) is 8.49. The summed E-state index contributed by atoms with van der Waals surface area (Å²) in [4.78, 5) is 29.9. The SMILES string of the molecule is COc1ccc(-c2nc(CNC(=O)c3nc4ccncc4[nH]3)sc2-c2ccc(OC)cc2)cc1. The molecule has 2 N–H and O–H groups in total. The van der Waals surface area contributed by atoms with Crippen LogP contribution in [0.4, 0.5) is 0 Å². The van der Waals surface area contributed by atoms with Crippen LogP contribution in [0.5, 0.6) is 11.5 Å². The predicted octanol–water partition coefficient (Wildman–Crippen LogP) is 4.70. The highest BCUT2D eigenvalue weighted by Crippen LogP contribution is 2.38. The van der Waals surface area contributed by atoms with E-state index in [4.69, 9.17) is 14.5 Å². The summed E-state index contributed by atoms with van der Waals surface area (Å²) >= 11 is 1.53.